The zero-order valence-corrected chi connectivity index (χ0v) is 22.3. The van der Waals surface area contributed by atoms with Gasteiger partial charge in [0, 0.05) is 32.6 Å². The van der Waals surface area contributed by atoms with Gasteiger partial charge in [0.15, 0.2) is 0 Å². The molecule has 2 heterocycles. The van der Waals surface area contributed by atoms with Gasteiger partial charge in [-0.3, -0.25) is 14.4 Å². The van der Waals surface area contributed by atoms with Crippen molar-refractivity contribution < 1.29 is 23.5 Å². The lowest BCUT2D eigenvalue weighted by Gasteiger charge is -2.43. The van der Waals surface area contributed by atoms with Gasteiger partial charge < -0.3 is 25.6 Å². The molecule has 0 radical (unpaired) electrons. The Morgan fingerprint density at radius 1 is 1.18 bits per heavy atom. The van der Waals surface area contributed by atoms with Crippen LogP contribution in [0.25, 0.3) is 0 Å². The van der Waals surface area contributed by atoms with E-state index in [1.807, 2.05) is 30.3 Å². The van der Waals surface area contributed by atoms with Crippen LogP contribution in [-0.2, 0) is 25.7 Å². The molecule has 2 aliphatic rings. The highest BCUT2D eigenvalue weighted by molar-refractivity contribution is 5.92. The van der Waals surface area contributed by atoms with Crippen LogP contribution in [0.3, 0.4) is 0 Å². The first-order valence-corrected chi connectivity index (χ1v) is 13.0. The Labute approximate surface area is 223 Å². The summed E-state index contributed by atoms with van der Waals surface area (Å²) in [5, 5.41) is 2.77. The maximum Gasteiger partial charge on any atom is 0.247 e. The minimum atomic E-state index is -1.18. The number of nitrogens with one attached hydrogen (secondary N) is 1. The predicted molar refractivity (Wildman–Crippen MR) is 141 cm³/mol. The first-order chi connectivity index (χ1) is 18.0. The summed E-state index contributed by atoms with van der Waals surface area (Å²) in [6.07, 6.45) is 1.26. The monoisotopic (exact) mass is 524 g/mol. The summed E-state index contributed by atoms with van der Waals surface area (Å²) in [6, 6.07) is 14.9. The molecule has 2 saturated heterocycles. The number of benzene rings is 2. The van der Waals surface area contributed by atoms with E-state index < -0.39 is 22.9 Å². The molecule has 3 atom stereocenters. The fraction of sp³-hybridized carbons (Fsp3) is 0.483. The molecule has 9 heteroatoms. The normalized spacial score (nSPS) is 22.6. The van der Waals surface area contributed by atoms with Crippen molar-refractivity contribution in [2.24, 2.45) is 11.1 Å². The summed E-state index contributed by atoms with van der Waals surface area (Å²) in [6.45, 7) is 4.57. The number of likely N-dealkylation sites (tertiary alicyclic amines) is 2. The van der Waals surface area contributed by atoms with Crippen molar-refractivity contribution in [3.8, 4) is 0 Å². The first kappa shape index (κ1) is 27.7. The van der Waals surface area contributed by atoms with Crippen LogP contribution in [0.5, 0.6) is 0 Å². The highest BCUT2D eigenvalue weighted by Crippen LogP contribution is 2.49. The lowest BCUT2D eigenvalue weighted by atomic mass is 9.69. The van der Waals surface area contributed by atoms with Crippen LogP contribution in [0.2, 0.25) is 0 Å². The number of halogens is 1. The average molecular weight is 525 g/mol. The Kier molecular flexibility index (Phi) is 8.18. The highest BCUT2D eigenvalue weighted by atomic mass is 19.1. The van der Waals surface area contributed by atoms with Crippen LogP contribution in [0.15, 0.2) is 54.6 Å². The summed E-state index contributed by atoms with van der Waals surface area (Å²) in [4.78, 5) is 43.5. The van der Waals surface area contributed by atoms with Crippen molar-refractivity contribution in [2.75, 3.05) is 33.3 Å². The Hall–Kier alpha value is -3.30. The van der Waals surface area contributed by atoms with Gasteiger partial charge in [-0.1, -0.05) is 42.5 Å². The van der Waals surface area contributed by atoms with Gasteiger partial charge in [0.05, 0.1) is 24.2 Å². The molecule has 204 valence electrons. The number of nitrogens with zero attached hydrogens (tertiary/aromatic N) is 2. The number of hydrogen-bond donors (Lipinski definition) is 2. The Bertz CT molecular complexity index is 1150. The first-order valence-electron chi connectivity index (χ1n) is 13.0. The van der Waals surface area contributed by atoms with Crippen LogP contribution in [0.1, 0.15) is 43.7 Å². The van der Waals surface area contributed by atoms with Gasteiger partial charge in [0.25, 0.3) is 0 Å². The third-order valence-electron chi connectivity index (χ3n) is 7.59. The molecule has 4 rings (SSSR count). The fourth-order valence-electron chi connectivity index (χ4n) is 5.52. The van der Waals surface area contributed by atoms with Crippen LogP contribution >= 0.6 is 0 Å². The molecule has 0 bridgehead atoms. The Morgan fingerprint density at radius 3 is 2.53 bits per heavy atom. The van der Waals surface area contributed by atoms with Gasteiger partial charge in [0.2, 0.25) is 17.7 Å². The summed E-state index contributed by atoms with van der Waals surface area (Å²) >= 11 is 0. The number of piperidine rings is 1. The van der Waals surface area contributed by atoms with E-state index in [1.165, 1.54) is 12.1 Å². The van der Waals surface area contributed by atoms with Crippen molar-refractivity contribution in [3.63, 3.8) is 0 Å². The zero-order chi connectivity index (χ0) is 27.5. The van der Waals surface area contributed by atoms with E-state index in [1.54, 1.807) is 42.8 Å². The maximum absolute atomic E-state index is 13.8. The molecule has 0 aromatic heterocycles. The third-order valence-corrected chi connectivity index (χ3v) is 7.59. The molecule has 2 fully saturated rings. The second-order valence-corrected chi connectivity index (χ2v) is 11.1. The van der Waals surface area contributed by atoms with Gasteiger partial charge >= 0.3 is 0 Å². The lowest BCUT2D eigenvalue weighted by Crippen LogP contribution is -2.60. The quantitative estimate of drug-likeness (QED) is 0.552. The van der Waals surface area contributed by atoms with Gasteiger partial charge in [-0.05, 0) is 49.9 Å². The molecule has 3 amide bonds. The Morgan fingerprint density at radius 2 is 1.87 bits per heavy atom. The number of carbonyl (C=O) groups excluding carboxylic acids is 3. The van der Waals surface area contributed by atoms with E-state index in [-0.39, 0.29) is 43.3 Å². The van der Waals surface area contributed by atoms with E-state index in [2.05, 4.69) is 5.32 Å². The molecule has 3 N–H and O–H groups in total. The number of carbonyl (C=O) groups is 3. The molecular weight excluding hydrogens is 487 g/mol. The van der Waals surface area contributed by atoms with Gasteiger partial charge in [-0.25, -0.2) is 4.39 Å². The van der Waals surface area contributed by atoms with Crippen molar-refractivity contribution in [2.45, 2.75) is 50.8 Å². The van der Waals surface area contributed by atoms with Crippen LogP contribution in [0, 0.1) is 11.2 Å². The summed E-state index contributed by atoms with van der Waals surface area (Å²) in [7, 11) is 1.76. The zero-order valence-electron chi connectivity index (χ0n) is 22.3. The van der Waals surface area contributed by atoms with E-state index in [0.29, 0.717) is 25.9 Å². The SMILES string of the molecule is CN1CC(c2ccc(F)cc2)C2(CCCN(C(=O)C(COCc3ccccc3)NC(=O)C(C)(C)N)C2)C1=O. The molecule has 0 aliphatic carbocycles. The van der Waals surface area contributed by atoms with Crippen LogP contribution in [0.4, 0.5) is 4.39 Å². The van der Waals surface area contributed by atoms with Gasteiger partial charge in [-0.15, -0.1) is 0 Å². The second kappa shape index (κ2) is 11.2. The average Bonchev–Trinajstić information content (AvgIpc) is 3.12. The predicted octanol–water partition coefficient (Wildman–Crippen LogP) is 2.43. The van der Waals surface area contributed by atoms with Crippen molar-refractivity contribution in [1.29, 1.82) is 0 Å². The standard InChI is InChI=1S/C29H37FN4O4/c1-28(2,31)26(36)32-24(18-38-17-20-8-5-4-6-9-20)25(35)34-15-7-14-29(19-34)23(16-33(3)27(29)37)21-10-12-22(30)13-11-21/h4-6,8-13,23-24H,7,14-19,31H2,1-3H3,(H,32,36). The van der Waals surface area contributed by atoms with E-state index in [4.69, 9.17) is 10.5 Å². The molecule has 2 aliphatic heterocycles. The second-order valence-electron chi connectivity index (χ2n) is 11.1. The Balaban J connectivity index is 1.55. The molecule has 8 nitrogen and oxygen atoms in total. The molecule has 2 aromatic rings. The van der Waals surface area contributed by atoms with Gasteiger partial charge in [-0.2, -0.15) is 0 Å². The van der Waals surface area contributed by atoms with E-state index in [0.717, 1.165) is 11.1 Å². The van der Waals surface area contributed by atoms with Crippen LogP contribution < -0.4 is 11.1 Å². The maximum atomic E-state index is 13.8. The topological polar surface area (TPSA) is 105 Å². The number of ether oxygens (including phenoxy) is 1. The smallest absolute Gasteiger partial charge is 0.247 e. The molecule has 2 aromatic carbocycles. The number of nitrogens with two attached hydrogens (primary N) is 1. The minimum Gasteiger partial charge on any atom is -0.374 e. The molecule has 38 heavy (non-hydrogen) atoms. The van der Waals surface area contributed by atoms with Crippen molar-refractivity contribution >= 4 is 17.7 Å². The summed E-state index contributed by atoms with van der Waals surface area (Å²) in [5.74, 6) is -1.31. The van der Waals surface area contributed by atoms with Gasteiger partial charge in [0.1, 0.15) is 11.9 Å². The van der Waals surface area contributed by atoms with Crippen molar-refractivity contribution in [3.05, 3.63) is 71.5 Å². The number of likely N-dealkylation sites (N-methyl/N-ethyl adjacent to an activating group) is 1. The number of amides is 3. The number of hydrogen-bond acceptors (Lipinski definition) is 5. The highest BCUT2D eigenvalue weighted by Gasteiger charge is 2.55. The lowest BCUT2D eigenvalue weighted by molar-refractivity contribution is -0.147. The van der Waals surface area contributed by atoms with E-state index >= 15 is 0 Å². The van der Waals surface area contributed by atoms with E-state index in [9.17, 15) is 18.8 Å². The third kappa shape index (κ3) is 5.89. The van der Waals surface area contributed by atoms with Crippen LogP contribution in [-0.4, -0.2) is 72.4 Å². The molecular formula is C29H37FN4O4. The fourth-order valence-corrected chi connectivity index (χ4v) is 5.52. The molecule has 0 saturated carbocycles. The minimum absolute atomic E-state index is 0.0201. The molecule has 1 spiro atoms. The summed E-state index contributed by atoms with van der Waals surface area (Å²) < 4.78 is 19.5. The molecule has 3 unspecified atom stereocenters. The van der Waals surface area contributed by atoms with Crippen molar-refractivity contribution in [1.82, 2.24) is 15.1 Å². The largest absolute Gasteiger partial charge is 0.374 e. The summed E-state index contributed by atoms with van der Waals surface area (Å²) in [5.41, 5.74) is 5.82. The number of rotatable bonds is 8.